The summed E-state index contributed by atoms with van der Waals surface area (Å²) in [5.74, 6) is 0.302. The van der Waals surface area contributed by atoms with Crippen LogP contribution < -0.4 is 10.6 Å². The van der Waals surface area contributed by atoms with Crippen molar-refractivity contribution in [2.75, 3.05) is 13.6 Å². The normalized spacial score (nSPS) is 12.0. The van der Waals surface area contributed by atoms with Crippen LogP contribution in [0.2, 0.25) is 0 Å². The lowest BCUT2D eigenvalue weighted by Crippen LogP contribution is -2.37. The van der Waals surface area contributed by atoms with Gasteiger partial charge in [0.1, 0.15) is 11.4 Å². The number of nitrogens with zero attached hydrogens (tertiary/aromatic N) is 1. The molecule has 0 saturated carbocycles. The Morgan fingerprint density at radius 1 is 1.12 bits per heavy atom. The first-order valence-corrected chi connectivity index (χ1v) is 9.21. The van der Waals surface area contributed by atoms with Gasteiger partial charge in [0.05, 0.1) is 0 Å². The van der Waals surface area contributed by atoms with E-state index in [-0.39, 0.29) is 11.8 Å². The second-order valence-electron chi connectivity index (χ2n) is 7.19. The fourth-order valence-electron chi connectivity index (χ4n) is 2.39. The van der Waals surface area contributed by atoms with Gasteiger partial charge in [0.2, 0.25) is 0 Å². The Balaban J connectivity index is 2.10. The summed E-state index contributed by atoms with van der Waals surface area (Å²) in [7, 11) is 1.69. The molecule has 0 radical (unpaired) electrons. The van der Waals surface area contributed by atoms with Crippen molar-refractivity contribution < 1.29 is 13.9 Å². The van der Waals surface area contributed by atoms with Gasteiger partial charge in [0.15, 0.2) is 5.96 Å². The number of nitrogens with one attached hydrogen (secondary N) is 2. The molecule has 146 valence electrons. The van der Waals surface area contributed by atoms with E-state index in [1.54, 1.807) is 19.2 Å². The summed E-state index contributed by atoms with van der Waals surface area (Å²) in [6.45, 7) is 6.81. The van der Waals surface area contributed by atoms with Crippen LogP contribution in [0.5, 0.6) is 0 Å². The monoisotopic (exact) mass is 365 g/mol. The number of carbonyl (C=O) groups excluding carboxylic acids is 1. The van der Waals surface area contributed by atoms with Crippen LogP contribution in [0.4, 0.5) is 4.39 Å². The van der Waals surface area contributed by atoms with Gasteiger partial charge < -0.3 is 15.4 Å². The van der Waals surface area contributed by atoms with Crippen LogP contribution in [0.25, 0.3) is 0 Å². The zero-order valence-corrected chi connectivity index (χ0v) is 16.4. The Hall–Kier alpha value is -2.11. The van der Waals surface area contributed by atoms with E-state index in [0.29, 0.717) is 24.5 Å². The van der Waals surface area contributed by atoms with Crippen molar-refractivity contribution in [2.45, 2.75) is 65.0 Å². The minimum Gasteiger partial charge on any atom is -0.460 e. The minimum absolute atomic E-state index is 0.131. The summed E-state index contributed by atoms with van der Waals surface area (Å²) in [6.07, 6.45) is 4.31. The van der Waals surface area contributed by atoms with Crippen LogP contribution in [0.1, 0.15) is 58.4 Å². The fraction of sp³-hybridized carbons (Fsp3) is 0.600. The standard InChI is InChI=1S/C20H32FN3O2/c1-20(2,3)26-18(25)13-7-5-6-10-14-23-19(22-4)24-15-16-11-8-9-12-17(16)21/h8-9,11-12H,5-7,10,13-15H2,1-4H3,(H2,22,23,24). The molecule has 0 saturated heterocycles. The molecule has 6 heteroatoms. The van der Waals surface area contributed by atoms with Crippen molar-refractivity contribution in [2.24, 2.45) is 4.99 Å². The van der Waals surface area contributed by atoms with E-state index in [9.17, 15) is 9.18 Å². The Bertz CT molecular complexity index is 583. The molecular formula is C20H32FN3O2. The van der Waals surface area contributed by atoms with Crippen molar-refractivity contribution in [3.8, 4) is 0 Å². The third-order valence-electron chi connectivity index (χ3n) is 3.65. The maximum atomic E-state index is 13.6. The van der Waals surface area contributed by atoms with E-state index in [1.165, 1.54) is 6.07 Å². The molecule has 26 heavy (non-hydrogen) atoms. The van der Waals surface area contributed by atoms with Crippen LogP contribution >= 0.6 is 0 Å². The number of guanidine groups is 1. The summed E-state index contributed by atoms with van der Waals surface area (Å²) >= 11 is 0. The average molecular weight is 365 g/mol. The topological polar surface area (TPSA) is 62.7 Å². The number of esters is 1. The van der Waals surface area contributed by atoms with E-state index in [1.807, 2.05) is 26.8 Å². The Kier molecular flexibility index (Phi) is 9.70. The molecule has 0 atom stereocenters. The number of hydrogen-bond acceptors (Lipinski definition) is 3. The van der Waals surface area contributed by atoms with Gasteiger partial charge in [-0.1, -0.05) is 31.0 Å². The second kappa shape index (κ2) is 11.5. The molecule has 5 nitrogen and oxygen atoms in total. The molecule has 0 aliphatic heterocycles. The molecule has 0 unspecified atom stereocenters. The molecule has 1 rings (SSSR count). The maximum absolute atomic E-state index is 13.6. The quantitative estimate of drug-likeness (QED) is 0.303. The number of unbranched alkanes of at least 4 members (excludes halogenated alkanes) is 3. The first-order chi connectivity index (χ1) is 12.3. The van der Waals surface area contributed by atoms with Gasteiger partial charge >= 0.3 is 5.97 Å². The van der Waals surface area contributed by atoms with E-state index in [2.05, 4.69) is 15.6 Å². The molecule has 1 aromatic carbocycles. The van der Waals surface area contributed by atoms with Crippen LogP contribution in [0.3, 0.4) is 0 Å². The molecule has 0 aromatic heterocycles. The zero-order chi connectivity index (χ0) is 19.4. The minimum atomic E-state index is -0.410. The number of rotatable bonds is 9. The highest BCUT2D eigenvalue weighted by Gasteiger charge is 2.15. The number of ether oxygens (including phenoxy) is 1. The lowest BCUT2D eigenvalue weighted by molar-refractivity contribution is -0.154. The predicted molar refractivity (Wildman–Crippen MR) is 104 cm³/mol. The van der Waals surface area contributed by atoms with Crippen molar-refractivity contribution >= 4 is 11.9 Å². The summed E-state index contributed by atoms with van der Waals surface area (Å²) < 4.78 is 18.9. The highest BCUT2D eigenvalue weighted by Crippen LogP contribution is 2.11. The molecular weight excluding hydrogens is 333 g/mol. The largest absolute Gasteiger partial charge is 0.460 e. The number of benzene rings is 1. The van der Waals surface area contributed by atoms with Gasteiger partial charge in [0, 0.05) is 32.1 Å². The molecule has 1 aromatic rings. The third kappa shape index (κ3) is 10.0. The van der Waals surface area contributed by atoms with E-state index in [0.717, 1.165) is 32.2 Å². The third-order valence-corrected chi connectivity index (χ3v) is 3.65. The average Bonchev–Trinajstić information content (AvgIpc) is 2.56. The fourth-order valence-corrected chi connectivity index (χ4v) is 2.39. The summed E-state index contributed by atoms with van der Waals surface area (Å²) in [4.78, 5) is 15.7. The Morgan fingerprint density at radius 3 is 2.46 bits per heavy atom. The van der Waals surface area contributed by atoms with E-state index >= 15 is 0 Å². The van der Waals surface area contributed by atoms with E-state index in [4.69, 9.17) is 4.74 Å². The SMILES string of the molecule is CN=C(NCCCCCCC(=O)OC(C)(C)C)NCc1ccccc1F. The molecule has 0 heterocycles. The first-order valence-electron chi connectivity index (χ1n) is 9.21. The Labute approximate surface area is 156 Å². The number of hydrogen-bond donors (Lipinski definition) is 2. The van der Waals surface area contributed by atoms with Crippen LogP contribution in [0, 0.1) is 5.82 Å². The molecule has 0 fully saturated rings. The van der Waals surface area contributed by atoms with Gasteiger partial charge in [-0.05, 0) is 39.7 Å². The van der Waals surface area contributed by atoms with Crippen molar-refractivity contribution in [1.82, 2.24) is 10.6 Å². The zero-order valence-electron chi connectivity index (χ0n) is 16.4. The molecule has 0 bridgehead atoms. The van der Waals surface area contributed by atoms with Gasteiger partial charge in [-0.3, -0.25) is 9.79 Å². The predicted octanol–water partition coefficient (Wildman–Crippen LogP) is 3.78. The van der Waals surface area contributed by atoms with E-state index < -0.39 is 5.60 Å². The molecule has 2 N–H and O–H groups in total. The molecule has 0 aliphatic rings. The molecule has 0 spiro atoms. The lowest BCUT2D eigenvalue weighted by Gasteiger charge is -2.19. The Morgan fingerprint density at radius 2 is 1.81 bits per heavy atom. The van der Waals surface area contributed by atoms with Crippen LogP contribution in [0.15, 0.2) is 29.3 Å². The van der Waals surface area contributed by atoms with Gasteiger partial charge in [0.25, 0.3) is 0 Å². The smallest absolute Gasteiger partial charge is 0.306 e. The van der Waals surface area contributed by atoms with Crippen molar-refractivity contribution in [1.29, 1.82) is 0 Å². The maximum Gasteiger partial charge on any atom is 0.306 e. The summed E-state index contributed by atoms with van der Waals surface area (Å²) in [6, 6.07) is 6.69. The molecule has 0 amide bonds. The highest BCUT2D eigenvalue weighted by molar-refractivity contribution is 5.79. The van der Waals surface area contributed by atoms with Gasteiger partial charge in [-0.2, -0.15) is 0 Å². The van der Waals surface area contributed by atoms with Crippen molar-refractivity contribution in [3.63, 3.8) is 0 Å². The number of aliphatic imine (C=N–C) groups is 1. The second-order valence-corrected chi connectivity index (χ2v) is 7.19. The number of halogens is 1. The van der Waals surface area contributed by atoms with Crippen LogP contribution in [-0.2, 0) is 16.1 Å². The van der Waals surface area contributed by atoms with Crippen molar-refractivity contribution in [3.05, 3.63) is 35.6 Å². The van der Waals surface area contributed by atoms with Gasteiger partial charge in [-0.25, -0.2) is 4.39 Å². The van der Waals surface area contributed by atoms with Crippen LogP contribution in [-0.4, -0.2) is 31.1 Å². The number of carbonyl (C=O) groups is 1. The molecule has 0 aliphatic carbocycles. The van der Waals surface area contributed by atoms with Gasteiger partial charge in [-0.15, -0.1) is 0 Å². The highest BCUT2D eigenvalue weighted by atomic mass is 19.1. The summed E-state index contributed by atoms with van der Waals surface area (Å²) in [5.41, 5.74) is 0.199. The first kappa shape index (κ1) is 21.9. The summed E-state index contributed by atoms with van der Waals surface area (Å²) in [5, 5.41) is 6.32. The lowest BCUT2D eigenvalue weighted by atomic mass is 10.1.